The number of hydrogen-bond acceptors (Lipinski definition) is 5. The van der Waals surface area contributed by atoms with Crippen molar-refractivity contribution in [3.8, 4) is 0 Å². The van der Waals surface area contributed by atoms with E-state index in [4.69, 9.17) is 4.74 Å². The van der Waals surface area contributed by atoms with Crippen molar-refractivity contribution in [3.63, 3.8) is 0 Å². The number of amides is 1. The molecule has 2 heterocycles. The molecule has 0 aliphatic rings. The first-order chi connectivity index (χ1) is 14.7. The van der Waals surface area contributed by atoms with Gasteiger partial charge in [0.25, 0.3) is 0 Å². The van der Waals surface area contributed by atoms with E-state index in [1.54, 1.807) is 20.0 Å². The second-order valence-electron chi connectivity index (χ2n) is 7.53. The van der Waals surface area contributed by atoms with Crippen molar-refractivity contribution in [1.82, 2.24) is 15.3 Å². The second kappa shape index (κ2) is 8.99. The molecule has 0 aliphatic carbocycles. The number of rotatable bonds is 8. The van der Waals surface area contributed by atoms with E-state index in [0.717, 1.165) is 16.5 Å². The molecular weight excluding hydrogens is 398 g/mol. The lowest BCUT2D eigenvalue weighted by atomic mass is 10.0. The summed E-state index contributed by atoms with van der Waals surface area (Å²) < 4.78 is 5.23. The van der Waals surface area contributed by atoms with Crippen LogP contribution < -0.4 is 5.32 Å². The Morgan fingerprint density at radius 2 is 1.81 bits per heavy atom. The molecule has 1 atom stereocenters. The maximum Gasteiger partial charge on any atom is 0.329 e. The quantitative estimate of drug-likeness (QED) is 0.380. The second-order valence-corrected chi connectivity index (χ2v) is 7.53. The highest BCUT2D eigenvalue weighted by molar-refractivity contribution is 6.04. The summed E-state index contributed by atoms with van der Waals surface area (Å²) in [6.07, 6.45) is 2.00. The molecule has 0 spiro atoms. The highest BCUT2D eigenvalue weighted by Crippen LogP contribution is 2.21. The standard InChI is InChI=1S/C23H25N3O5/c1-12-21(14(3)27)13(2)25-22(12)20(29)11-31-23(30)19(26-15(4)28)9-16-10-24-18-8-6-5-7-17(16)18/h5-8,10,19,24-25H,9,11H2,1-4H3,(H,26,28)/t19-/m0/s1. The Morgan fingerprint density at radius 1 is 1.10 bits per heavy atom. The fraction of sp³-hybridized carbons (Fsp3) is 0.304. The molecule has 0 saturated carbocycles. The highest BCUT2D eigenvalue weighted by atomic mass is 16.5. The van der Waals surface area contributed by atoms with Crippen LogP contribution in [0, 0.1) is 13.8 Å². The van der Waals surface area contributed by atoms with Crippen LogP contribution in [0.2, 0.25) is 0 Å². The van der Waals surface area contributed by atoms with E-state index in [0.29, 0.717) is 16.8 Å². The topological polar surface area (TPSA) is 121 Å². The van der Waals surface area contributed by atoms with Gasteiger partial charge in [-0.25, -0.2) is 4.79 Å². The van der Waals surface area contributed by atoms with Gasteiger partial charge in [-0.1, -0.05) is 18.2 Å². The zero-order valence-corrected chi connectivity index (χ0v) is 17.9. The number of Topliss-reactive ketones (excluding diaryl/α,β-unsaturated/α-hetero) is 2. The summed E-state index contributed by atoms with van der Waals surface area (Å²) in [6.45, 7) is 5.63. The molecule has 1 amide bonds. The summed E-state index contributed by atoms with van der Waals surface area (Å²) >= 11 is 0. The van der Waals surface area contributed by atoms with E-state index in [1.807, 2.05) is 24.3 Å². The molecule has 0 saturated heterocycles. The van der Waals surface area contributed by atoms with Crippen LogP contribution in [0.15, 0.2) is 30.5 Å². The fourth-order valence-electron chi connectivity index (χ4n) is 3.83. The summed E-state index contributed by atoms with van der Waals surface area (Å²) in [5.41, 5.74) is 3.59. The molecule has 3 aromatic rings. The fourth-order valence-corrected chi connectivity index (χ4v) is 3.83. The third kappa shape index (κ3) is 4.74. The molecular formula is C23H25N3O5. The summed E-state index contributed by atoms with van der Waals surface area (Å²) in [6, 6.07) is 6.68. The van der Waals surface area contributed by atoms with Gasteiger partial charge in [-0.3, -0.25) is 14.4 Å². The molecule has 8 nitrogen and oxygen atoms in total. The number of para-hydroxylation sites is 1. The molecule has 1 aromatic carbocycles. The Balaban J connectivity index is 1.72. The van der Waals surface area contributed by atoms with Crippen LogP contribution in [0.1, 0.15) is 51.5 Å². The molecule has 31 heavy (non-hydrogen) atoms. The number of H-pyrrole nitrogens is 2. The van der Waals surface area contributed by atoms with Crippen molar-refractivity contribution in [3.05, 3.63) is 58.5 Å². The van der Waals surface area contributed by atoms with Crippen molar-refractivity contribution in [2.24, 2.45) is 0 Å². The molecule has 0 fully saturated rings. The van der Waals surface area contributed by atoms with E-state index in [2.05, 4.69) is 15.3 Å². The Labute approximate surface area is 179 Å². The minimum Gasteiger partial charge on any atom is -0.456 e. The van der Waals surface area contributed by atoms with Gasteiger partial charge in [-0.15, -0.1) is 0 Å². The third-order valence-corrected chi connectivity index (χ3v) is 5.17. The maximum absolute atomic E-state index is 12.7. The molecule has 0 aliphatic heterocycles. The first-order valence-corrected chi connectivity index (χ1v) is 9.91. The maximum atomic E-state index is 12.7. The van der Waals surface area contributed by atoms with Gasteiger partial charge < -0.3 is 20.0 Å². The van der Waals surface area contributed by atoms with Crippen LogP contribution in [-0.2, 0) is 20.7 Å². The number of nitrogens with one attached hydrogen (secondary N) is 3. The van der Waals surface area contributed by atoms with Gasteiger partial charge in [-0.05, 0) is 38.0 Å². The number of ether oxygens (including phenoxy) is 1. The van der Waals surface area contributed by atoms with Gasteiger partial charge in [0.15, 0.2) is 12.4 Å². The number of esters is 1. The predicted molar refractivity (Wildman–Crippen MR) is 115 cm³/mol. The van der Waals surface area contributed by atoms with Crippen molar-refractivity contribution in [1.29, 1.82) is 0 Å². The molecule has 8 heteroatoms. The normalized spacial score (nSPS) is 11.9. The minimum absolute atomic E-state index is 0.147. The number of hydrogen-bond donors (Lipinski definition) is 3. The van der Waals surface area contributed by atoms with Crippen molar-refractivity contribution in [2.45, 2.75) is 40.2 Å². The number of carbonyl (C=O) groups is 4. The number of aryl methyl sites for hydroxylation is 1. The van der Waals surface area contributed by atoms with Gasteiger partial charge in [0.1, 0.15) is 6.04 Å². The van der Waals surface area contributed by atoms with E-state index in [9.17, 15) is 19.2 Å². The lowest BCUT2D eigenvalue weighted by Crippen LogP contribution is -2.42. The van der Waals surface area contributed by atoms with Gasteiger partial charge in [0.2, 0.25) is 11.7 Å². The molecule has 3 N–H and O–H groups in total. The molecule has 2 aromatic heterocycles. The van der Waals surface area contributed by atoms with Gasteiger partial charge in [0.05, 0.1) is 5.69 Å². The number of carbonyl (C=O) groups excluding carboxylic acids is 4. The summed E-state index contributed by atoms with van der Waals surface area (Å²) in [5, 5.41) is 3.54. The van der Waals surface area contributed by atoms with E-state index in [-0.39, 0.29) is 23.8 Å². The number of fused-ring (bicyclic) bond motifs is 1. The molecule has 0 bridgehead atoms. The summed E-state index contributed by atoms with van der Waals surface area (Å²) in [7, 11) is 0. The first-order valence-electron chi connectivity index (χ1n) is 9.91. The van der Waals surface area contributed by atoms with Crippen LogP contribution in [0.25, 0.3) is 10.9 Å². The van der Waals surface area contributed by atoms with Crippen LogP contribution >= 0.6 is 0 Å². The summed E-state index contributed by atoms with van der Waals surface area (Å²) in [4.78, 5) is 54.7. The van der Waals surface area contributed by atoms with E-state index >= 15 is 0 Å². The van der Waals surface area contributed by atoms with Crippen molar-refractivity contribution in [2.75, 3.05) is 6.61 Å². The average molecular weight is 423 g/mol. The average Bonchev–Trinajstić information content (AvgIpc) is 3.25. The van der Waals surface area contributed by atoms with E-state index < -0.39 is 24.4 Å². The highest BCUT2D eigenvalue weighted by Gasteiger charge is 2.25. The van der Waals surface area contributed by atoms with Crippen molar-refractivity contribution >= 4 is 34.3 Å². The molecule has 0 radical (unpaired) electrons. The first kappa shape index (κ1) is 22.0. The van der Waals surface area contributed by atoms with Crippen LogP contribution in [0.3, 0.4) is 0 Å². The molecule has 162 valence electrons. The van der Waals surface area contributed by atoms with Gasteiger partial charge in [-0.2, -0.15) is 0 Å². The Morgan fingerprint density at radius 3 is 2.45 bits per heavy atom. The Bertz CT molecular complexity index is 1170. The third-order valence-electron chi connectivity index (χ3n) is 5.17. The zero-order valence-electron chi connectivity index (χ0n) is 17.9. The lowest BCUT2D eigenvalue weighted by Gasteiger charge is -2.16. The van der Waals surface area contributed by atoms with Crippen molar-refractivity contribution < 1.29 is 23.9 Å². The van der Waals surface area contributed by atoms with Gasteiger partial charge in [0, 0.05) is 41.7 Å². The van der Waals surface area contributed by atoms with Crippen LogP contribution in [0.5, 0.6) is 0 Å². The molecule has 3 rings (SSSR count). The molecule has 0 unspecified atom stereocenters. The largest absolute Gasteiger partial charge is 0.456 e. The number of benzene rings is 1. The zero-order chi connectivity index (χ0) is 22.7. The van der Waals surface area contributed by atoms with Gasteiger partial charge >= 0.3 is 5.97 Å². The minimum atomic E-state index is -0.941. The van der Waals surface area contributed by atoms with Crippen LogP contribution in [0.4, 0.5) is 0 Å². The predicted octanol–water partition coefficient (Wildman–Crippen LogP) is 2.79. The number of ketones is 2. The number of aromatic nitrogens is 2. The summed E-state index contributed by atoms with van der Waals surface area (Å²) in [5.74, 6) is -1.68. The lowest BCUT2D eigenvalue weighted by molar-refractivity contribution is -0.146. The number of aromatic amines is 2. The smallest absolute Gasteiger partial charge is 0.329 e. The Kier molecular flexibility index (Phi) is 6.39. The van der Waals surface area contributed by atoms with Crippen LogP contribution in [-0.4, -0.2) is 46.1 Å². The SMILES string of the molecule is CC(=O)N[C@@H](Cc1c[nH]c2ccccc12)C(=O)OCC(=O)c1[nH]c(C)c(C(C)=O)c1C. The monoisotopic (exact) mass is 423 g/mol. The Hall–Kier alpha value is -3.68. The van der Waals surface area contributed by atoms with E-state index in [1.165, 1.54) is 13.8 Å².